The summed E-state index contributed by atoms with van der Waals surface area (Å²) in [6.07, 6.45) is 1.39. The van der Waals surface area contributed by atoms with Crippen LogP contribution < -0.4 is 0 Å². The molecule has 1 rings (SSSR count). The van der Waals surface area contributed by atoms with Crippen LogP contribution in [-0.2, 0) is 0 Å². The number of nitrogens with zero attached hydrogens (tertiary/aromatic N) is 1. The zero-order valence-electron chi connectivity index (χ0n) is 9.22. The van der Waals surface area contributed by atoms with Crippen molar-refractivity contribution in [2.75, 3.05) is 13.1 Å². The molecule has 0 spiro atoms. The third-order valence-corrected chi connectivity index (χ3v) is 2.62. The first kappa shape index (κ1) is 10.0. The number of hydrogen-bond acceptors (Lipinski definition) is 1. The van der Waals surface area contributed by atoms with Crippen molar-refractivity contribution in [2.45, 2.75) is 47.1 Å². The van der Waals surface area contributed by atoms with Gasteiger partial charge in [0, 0.05) is 19.1 Å². The minimum absolute atomic E-state index is 0.522. The average Bonchev–Trinajstić information content (AvgIpc) is 1.74. The lowest BCUT2D eigenvalue weighted by molar-refractivity contribution is 0.0429. The summed E-state index contributed by atoms with van der Waals surface area (Å²) in [7, 11) is 0. The van der Waals surface area contributed by atoms with E-state index in [1.165, 1.54) is 19.5 Å². The topological polar surface area (TPSA) is 3.24 Å². The largest absolute Gasteiger partial charge is 0.300 e. The summed E-state index contributed by atoms with van der Waals surface area (Å²) in [5, 5.41) is 0. The van der Waals surface area contributed by atoms with Gasteiger partial charge in [-0.05, 0) is 31.6 Å². The molecule has 0 aromatic rings. The van der Waals surface area contributed by atoms with Gasteiger partial charge in [0.25, 0.3) is 0 Å². The minimum Gasteiger partial charge on any atom is -0.300 e. The van der Waals surface area contributed by atoms with E-state index in [4.69, 9.17) is 0 Å². The Bertz CT molecular complexity index is 138. The monoisotopic (exact) mass is 169 g/mol. The molecule has 1 heterocycles. The predicted octanol–water partition coefficient (Wildman–Crippen LogP) is 2.76. The van der Waals surface area contributed by atoms with Crippen molar-refractivity contribution in [1.29, 1.82) is 0 Å². The van der Waals surface area contributed by atoms with Crippen LogP contribution in [0.15, 0.2) is 0 Å². The summed E-state index contributed by atoms with van der Waals surface area (Å²) in [4.78, 5) is 2.55. The van der Waals surface area contributed by atoms with Crippen LogP contribution in [0.1, 0.15) is 41.0 Å². The summed E-state index contributed by atoms with van der Waals surface area (Å²) in [5.41, 5.74) is 0.522. The summed E-state index contributed by atoms with van der Waals surface area (Å²) < 4.78 is 0. The lowest BCUT2D eigenvalue weighted by Crippen LogP contribution is -2.51. The third kappa shape index (κ3) is 2.78. The van der Waals surface area contributed by atoms with Crippen LogP contribution in [0.2, 0.25) is 0 Å². The summed E-state index contributed by atoms with van der Waals surface area (Å²) >= 11 is 0. The van der Waals surface area contributed by atoms with E-state index in [1.807, 2.05) is 0 Å². The highest BCUT2D eigenvalue weighted by atomic mass is 15.2. The minimum atomic E-state index is 0.522. The van der Waals surface area contributed by atoms with Crippen LogP contribution in [0.25, 0.3) is 0 Å². The highest BCUT2D eigenvalue weighted by molar-refractivity contribution is 4.84. The van der Waals surface area contributed by atoms with Gasteiger partial charge in [-0.25, -0.2) is 0 Å². The predicted molar refractivity (Wildman–Crippen MR) is 54.3 cm³/mol. The van der Waals surface area contributed by atoms with E-state index in [0.29, 0.717) is 5.41 Å². The molecule has 0 amide bonds. The second kappa shape index (κ2) is 3.37. The van der Waals surface area contributed by atoms with Gasteiger partial charge >= 0.3 is 0 Å². The van der Waals surface area contributed by atoms with Gasteiger partial charge in [-0.2, -0.15) is 0 Å². The van der Waals surface area contributed by atoms with Gasteiger partial charge in [0.15, 0.2) is 0 Å². The van der Waals surface area contributed by atoms with E-state index >= 15 is 0 Å². The van der Waals surface area contributed by atoms with E-state index in [0.717, 1.165) is 12.0 Å². The summed E-state index contributed by atoms with van der Waals surface area (Å²) in [5.74, 6) is 0.965. The SMILES string of the molecule is CC(C)N1CC(CC(C)(C)C)C1. The van der Waals surface area contributed by atoms with E-state index < -0.39 is 0 Å². The van der Waals surface area contributed by atoms with Gasteiger partial charge < -0.3 is 4.90 Å². The van der Waals surface area contributed by atoms with Crippen molar-refractivity contribution >= 4 is 0 Å². The van der Waals surface area contributed by atoms with Gasteiger partial charge in [-0.15, -0.1) is 0 Å². The summed E-state index contributed by atoms with van der Waals surface area (Å²) in [6, 6.07) is 0.751. The van der Waals surface area contributed by atoms with Crippen LogP contribution in [0.5, 0.6) is 0 Å². The zero-order chi connectivity index (χ0) is 9.35. The Hall–Kier alpha value is -0.0400. The van der Waals surface area contributed by atoms with E-state index in [2.05, 4.69) is 39.5 Å². The lowest BCUT2D eigenvalue weighted by atomic mass is 9.81. The van der Waals surface area contributed by atoms with Crippen LogP contribution in [-0.4, -0.2) is 24.0 Å². The molecule has 0 aromatic carbocycles. The molecule has 0 radical (unpaired) electrons. The molecule has 0 saturated carbocycles. The molecule has 1 aliphatic rings. The fraction of sp³-hybridized carbons (Fsp3) is 1.00. The van der Waals surface area contributed by atoms with E-state index in [1.54, 1.807) is 0 Å². The highest BCUT2D eigenvalue weighted by Gasteiger charge is 2.31. The Balaban J connectivity index is 2.18. The Morgan fingerprint density at radius 1 is 1.25 bits per heavy atom. The van der Waals surface area contributed by atoms with Crippen molar-refractivity contribution in [3.63, 3.8) is 0 Å². The number of likely N-dealkylation sites (tertiary alicyclic amines) is 1. The fourth-order valence-corrected chi connectivity index (χ4v) is 2.03. The third-order valence-electron chi connectivity index (χ3n) is 2.62. The highest BCUT2D eigenvalue weighted by Crippen LogP contribution is 2.30. The molecule has 0 atom stereocenters. The molecule has 1 nitrogen and oxygen atoms in total. The summed E-state index contributed by atoms with van der Waals surface area (Å²) in [6.45, 7) is 14.2. The Morgan fingerprint density at radius 2 is 1.75 bits per heavy atom. The normalized spacial score (nSPS) is 21.5. The number of hydrogen-bond donors (Lipinski definition) is 0. The quantitative estimate of drug-likeness (QED) is 0.614. The van der Waals surface area contributed by atoms with Crippen LogP contribution >= 0.6 is 0 Å². The first-order chi connectivity index (χ1) is 5.38. The molecule has 1 saturated heterocycles. The maximum Gasteiger partial charge on any atom is 0.00388 e. The molecule has 72 valence electrons. The van der Waals surface area contributed by atoms with Gasteiger partial charge in [0.2, 0.25) is 0 Å². The standard InChI is InChI=1S/C11H23N/c1-9(2)12-7-10(8-12)6-11(3,4)5/h9-10H,6-8H2,1-5H3. The molecule has 0 N–H and O–H groups in total. The number of rotatable bonds is 2. The van der Waals surface area contributed by atoms with Gasteiger partial charge in [-0.1, -0.05) is 20.8 Å². The zero-order valence-corrected chi connectivity index (χ0v) is 9.22. The van der Waals surface area contributed by atoms with E-state index in [9.17, 15) is 0 Å². The maximum absolute atomic E-state index is 2.55. The second-order valence-corrected chi connectivity index (χ2v) is 5.68. The molecular formula is C11H23N. The van der Waals surface area contributed by atoms with Crippen molar-refractivity contribution < 1.29 is 0 Å². The molecular weight excluding hydrogens is 146 g/mol. The molecule has 1 fully saturated rings. The van der Waals surface area contributed by atoms with Crippen LogP contribution in [0.3, 0.4) is 0 Å². The maximum atomic E-state index is 2.55. The Kier molecular flexibility index (Phi) is 2.82. The molecule has 12 heavy (non-hydrogen) atoms. The van der Waals surface area contributed by atoms with Gasteiger partial charge in [0.1, 0.15) is 0 Å². The molecule has 1 aliphatic heterocycles. The van der Waals surface area contributed by atoms with Crippen molar-refractivity contribution in [1.82, 2.24) is 4.90 Å². The molecule has 0 unspecified atom stereocenters. The first-order valence-electron chi connectivity index (χ1n) is 5.12. The molecule has 0 aliphatic carbocycles. The van der Waals surface area contributed by atoms with Gasteiger partial charge in [0.05, 0.1) is 0 Å². The Labute approximate surface area is 77.1 Å². The average molecular weight is 169 g/mol. The van der Waals surface area contributed by atoms with Crippen LogP contribution in [0.4, 0.5) is 0 Å². The fourth-order valence-electron chi connectivity index (χ4n) is 2.03. The Morgan fingerprint density at radius 3 is 2.08 bits per heavy atom. The van der Waals surface area contributed by atoms with Crippen molar-refractivity contribution in [3.8, 4) is 0 Å². The molecule has 0 aromatic heterocycles. The van der Waals surface area contributed by atoms with Crippen LogP contribution in [0, 0.1) is 11.3 Å². The van der Waals surface area contributed by atoms with E-state index in [-0.39, 0.29) is 0 Å². The second-order valence-electron chi connectivity index (χ2n) is 5.68. The smallest absolute Gasteiger partial charge is 0.00388 e. The lowest BCUT2D eigenvalue weighted by Gasteiger charge is -2.44. The molecule has 0 bridgehead atoms. The first-order valence-corrected chi connectivity index (χ1v) is 5.12. The van der Waals surface area contributed by atoms with Crippen molar-refractivity contribution in [3.05, 3.63) is 0 Å². The van der Waals surface area contributed by atoms with Crippen molar-refractivity contribution in [2.24, 2.45) is 11.3 Å². The molecule has 1 heteroatoms. The van der Waals surface area contributed by atoms with Gasteiger partial charge in [-0.3, -0.25) is 0 Å².